The number of hydrogen-bond donors (Lipinski definition) is 1. The second-order valence-corrected chi connectivity index (χ2v) is 3.91. The Morgan fingerprint density at radius 1 is 1.29 bits per heavy atom. The van der Waals surface area contributed by atoms with Gasteiger partial charge in [0.05, 0.1) is 12.5 Å². The van der Waals surface area contributed by atoms with Crippen LogP contribution in [0.15, 0.2) is 35.4 Å². The van der Waals surface area contributed by atoms with Crippen LogP contribution in [0.4, 0.5) is 5.95 Å². The Morgan fingerprint density at radius 2 is 2.06 bits per heavy atom. The highest BCUT2D eigenvalue weighted by Gasteiger charge is 2.05. The molecule has 0 aromatic carbocycles. The van der Waals surface area contributed by atoms with E-state index in [1.165, 1.54) is 0 Å². The van der Waals surface area contributed by atoms with Gasteiger partial charge in [-0.1, -0.05) is 0 Å². The lowest BCUT2D eigenvalue weighted by molar-refractivity contribution is 0.563. The van der Waals surface area contributed by atoms with Crippen LogP contribution in [0.25, 0.3) is 0 Å². The molecule has 1 N–H and O–H groups in total. The quantitative estimate of drug-likeness (QED) is 0.845. The first kappa shape index (κ1) is 11.6. The molecule has 0 aliphatic carbocycles. The van der Waals surface area contributed by atoms with E-state index in [2.05, 4.69) is 15.3 Å². The summed E-state index contributed by atoms with van der Waals surface area (Å²) in [5, 5.41) is 3.06. The zero-order valence-electron chi connectivity index (χ0n) is 10.1. The largest absolute Gasteiger partial charge is 0.472 e. The minimum absolute atomic E-state index is 0.714. The smallest absolute Gasteiger partial charge is 0.225 e. The summed E-state index contributed by atoms with van der Waals surface area (Å²) >= 11 is 0. The third-order valence-electron chi connectivity index (χ3n) is 2.41. The van der Waals surface area contributed by atoms with Crippen LogP contribution in [0.5, 0.6) is 0 Å². The first-order valence-corrected chi connectivity index (χ1v) is 5.47. The molecule has 0 aliphatic heterocycles. The predicted octanol–water partition coefficient (Wildman–Crippen LogP) is 1.43. The molecule has 2 heterocycles. The number of nitrogens with zero attached hydrogens (tertiary/aromatic N) is 3. The summed E-state index contributed by atoms with van der Waals surface area (Å²) in [6.45, 7) is 1.52. The maximum absolute atomic E-state index is 5.03. The molecule has 2 rings (SSSR count). The van der Waals surface area contributed by atoms with Gasteiger partial charge in [0, 0.05) is 43.7 Å². The van der Waals surface area contributed by atoms with Crippen LogP contribution >= 0.6 is 0 Å². The Kier molecular flexibility index (Phi) is 3.72. The van der Waals surface area contributed by atoms with Crippen molar-refractivity contribution in [1.82, 2.24) is 15.3 Å². The normalized spacial score (nSPS) is 10.5. The summed E-state index contributed by atoms with van der Waals surface area (Å²) in [7, 11) is 3.86. The molecule has 0 fully saturated rings. The summed E-state index contributed by atoms with van der Waals surface area (Å²) in [5.41, 5.74) is 2.18. The van der Waals surface area contributed by atoms with Gasteiger partial charge in [-0.15, -0.1) is 0 Å². The molecule has 0 aliphatic rings. The van der Waals surface area contributed by atoms with Crippen LogP contribution in [0.3, 0.4) is 0 Å². The van der Waals surface area contributed by atoms with Crippen molar-refractivity contribution in [3.8, 4) is 0 Å². The van der Waals surface area contributed by atoms with Gasteiger partial charge in [-0.3, -0.25) is 0 Å². The summed E-state index contributed by atoms with van der Waals surface area (Å²) < 4.78 is 5.03. The van der Waals surface area contributed by atoms with Crippen molar-refractivity contribution in [1.29, 1.82) is 0 Å². The first-order chi connectivity index (χ1) is 8.29. The molecule has 0 bridgehead atoms. The monoisotopic (exact) mass is 232 g/mol. The van der Waals surface area contributed by atoms with Crippen LogP contribution in [-0.4, -0.2) is 24.1 Å². The highest BCUT2D eigenvalue weighted by atomic mass is 16.3. The molecule has 0 radical (unpaired) electrons. The van der Waals surface area contributed by atoms with Crippen molar-refractivity contribution in [2.24, 2.45) is 0 Å². The predicted molar refractivity (Wildman–Crippen MR) is 65.6 cm³/mol. The van der Waals surface area contributed by atoms with Gasteiger partial charge in [0.25, 0.3) is 0 Å². The van der Waals surface area contributed by atoms with Gasteiger partial charge in [-0.25, -0.2) is 9.97 Å². The van der Waals surface area contributed by atoms with E-state index < -0.39 is 0 Å². The molecule has 2 aromatic heterocycles. The zero-order valence-corrected chi connectivity index (χ0v) is 10.1. The summed E-state index contributed by atoms with van der Waals surface area (Å²) in [6, 6.07) is 1.94. The van der Waals surface area contributed by atoms with Crippen molar-refractivity contribution in [2.45, 2.75) is 13.1 Å². The number of nitrogens with one attached hydrogen (secondary N) is 1. The summed E-state index contributed by atoms with van der Waals surface area (Å²) in [4.78, 5) is 10.6. The average molecular weight is 232 g/mol. The Bertz CT molecular complexity index is 438. The highest BCUT2D eigenvalue weighted by molar-refractivity contribution is 5.30. The fourth-order valence-corrected chi connectivity index (χ4v) is 1.57. The molecule has 0 amide bonds. The molecule has 90 valence electrons. The van der Waals surface area contributed by atoms with Crippen molar-refractivity contribution >= 4 is 5.95 Å². The standard InChI is InChI=1S/C12H16N4O/c1-13-5-11-6-14-12(15-7-11)16(2)8-10-3-4-17-9-10/h3-4,6-7,9,13H,5,8H2,1-2H3. The third-order valence-corrected chi connectivity index (χ3v) is 2.41. The van der Waals surface area contributed by atoms with E-state index in [9.17, 15) is 0 Å². The Hall–Kier alpha value is -1.88. The second kappa shape index (κ2) is 5.45. The summed E-state index contributed by atoms with van der Waals surface area (Å²) in [5.74, 6) is 0.714. The Labute approximate surface area is 100 Å². The first-order valence-electron chi connectivity index (χ1n) is 5.47. The van der Waals surface area contributed by atoms with Crippen LogP contribution < -0.4 is 10.2 Å². The van der Waals surface area contributed by atoms with Crippen LogP contribution in [0.1, 0.15) is 11.1 Å². The summed E-state index contributed by atoms with van der Waals surface area (Å²) in [6.07, 6.45) is 7.07. The van der Waals surface area contributed by atoms with E-state index in [1.54, 1.807) is 12.5 Å². The van der Waals surface area contributed by atoms with E-state index in [0.717, 1.165) is 24.2 Å². The topological polar surface area (TPSA) is 54.2 Å². The zero-order chi connectivity index (χ0) is 12.1. The third kappa shape index (κ3) is 3.04. The van der Waals surface area contributed by atoms with Gasteiger partial charge in [-0.2, -0.15) is 0 Å². The number of rotatable bonds is 5. The fraction of sp³-hybridized carbons (Fsp3) is 0.333. The van der Waals surface area contributed by atoms with Gasteiger partial charge in [0.1, 0.15) is 0 Å². The molecule has 0 atom stereocenters. The van der Waals surface area contributed by atoms with E-state index in [0.29, 0.717) is 5.95 Å². The molecular formula is C12H16N4O. The molecule has 0 unspecified atom stereocenters. The molecule has 0 saturated heterocycles. The van der Waals surface area contributed by atoms with Crippen molar-refractivity contribution in [3.63, 3.8) is 0 Å². The molecule has 5 heteroatoms. The molecule has 0 spiro atoms. The van der Waals surface area contributed by atoms with Crippen molar-refractivity contribution in [2.75, 3.05) is 19.0 Å². The van der Waals surface area contributed by atoms with Crippen molar-refractivity contribution in [3.05, 3.63) is 42.1 Å². The number of furan rings is 1. The minimum atomic E-state index is 0.714. The van der Waals surface area contributed by atoms with Gasteiger partial charge < -0.3 is 14.6 Å². The molecule has 2 aromatic rings. The van der Waals surface area contributed by atoms with Crippen LogP contribution in [-0.2, 0) is 13.1 Å². The molecule has 5 nitrogen and oxygen atoms in total. The lowest BCUT2D eigenvalue weighted by atomic mass is 10.3. The SMILES string of the molecule is CNCc1cnc(N(C)Cc2ccoc2)nc1. The van der Waals surface area contributed by atoms with E-state index in [-0.39, 0.29) is 0 Å². The lowest BCUT2D eigenvalue weighted by Gasteiger charge is -2.15. The number of anilines is 1. The van der Waals surface area contributed by atoms with Crippen molar-refractivity contribution < 1.29 is 4.42 Å². The Morgan fingerprint density at radius 3 is 2.65 bits per heavy atom. The van der Waals surface area contributed by atoms with Crippen LogP contribution in [0.2, 0.25) is 0 Å². The van der Waals surface area contributed by atoms with E-state index in [4.69, 9.17) is 4.42 Å². The van der Waals surface area contributed by atoms with Gasteiger partial charge in [-0.05, 0) is 13.1 Å². The fourth-order valence-electron chi connectivity index (χ4n) is 1.57. The van der Waals surface area contributed by atoms with Gasteiger partial charge in [0.2, 0.25) is 5.95 Å². The maximum atomic E-state index is 5.03. The maximum Gasteiger partial charge on any atom is 0.225 e. The van der Waals surface area contributed by atoms with E-state index in [1.807, 2.05) is 37.5 Å². The minimum Gasteiger partial charge on any atom is -0.472 e. The Balaban J connectivity index is 2.01. The molecular weight excluding hydrogens is 216 g/mol. The van der Waals surface area contributed by atoms with Crippen LogP contribution in [0, 0.1) is 0 Å². The number of hydrogen-bond acceptors (Lipinski definition) is 5. The van der Waals surface area contributed by atoms with E-state index >= 15 is 0 Å². The lowest BCUT2D eigenvalue weighted by Crippen LogP contribution is -2.19. The van der Waals surface area contributed by atoms with Gasteiger partial charge >= 0.3 is 0 Å². The molecule has 17 heavy (non-hydrogen) atoms. The average Bonchev–Trinajstić information content (AvgIpc) is 2.83. The number of aromatic nitrogens is 2. The highest BCUT2D eigenvalue weighted by Crippen LogP contribution is 2.10. The second-order valence-electron chi connectivity index (χ2n) is 3.91. The van der Waals surface area contributed by atoms with Gasteiger partial charge in [0.15, 0.2) is 0 Å². The molecule has 0 saturated carbocycles.